The molecule has 2 rings (SSSR count). The molecule has 0 atom stereocenters. The minimum absolute atomic E-state index is 0.0883. The fourth-order valence-electron chi connectivity index (χ4n) is 2.60. The summed E-state index contributed by atoms with van der Waals surface area (Å²) in [6.07, 6.45) is 4.43. The molecule has 20 heavy (non-hydrogen) atoms. The number of nitrogens with two attached hydrogens (primary N) is 2. The normalized spacial score (nSPS) is 19.8. The molecule has 0 bridgehead atoms. The van der Waals surface area contributed by atoms with Crippen molar-refractivity contribution in [1.29, 1.82) is 0 Å². The maximum absolute atomic E-state index is 11.4. The van der Waals surface area contributed by atoms with Crippen molar-refractivity contribution in [3.63, 3.8) is 0 Å². The summed E-state index contributed by atoms with van der Waals surface area (Å²) in [5.74, 6) is 0. The number of nitrogens with one attached hydrogen (secondary N) is 1. The minimum Gasteiger partial charge on any atom is -0.397 e. The molecule has 1 aromatic rings. The molecule has 1 saturated carbocycles. The summed E-state index contributed by atoms with van der Waals surface area (Å²) in [5.41, 5.74) is 7.50. The second-order valence-electron chi connectivity index (χ2n) is 6.38. The number of rotatable bonds is 3. The summed E-state index contributed by atoms with van der Waals surface area (Å²) in [4.78, 5) is 0.0883. The average molecular weight is 297 g/mol. The van der Waals surface area contributed by atoms with E-state index < -0.39 is 10.0 Å². The molecule has 112 valence electrons. The van der Waals surface area contributed by atoms with Gasteiger partial charge in [0.25, 0.3) is 0 Å². The Hall–Kier alpha value is -1.27. The van der Waals surface area contributed by atoms with Gasteiger partial charge in [0.05, 0.1) is 16.3 Å². The van der Waals surface area contributed by atoms with Crippen LogP contribution in [-0.2, 0) is 10.0 Å². The number of nitrogen functional groups attached to an aromatic ring is 1. The van der Waals surface area contributed by atoms with Crippen molar-refractivity contribution in [2.75, 3.05) is 11.1 Å². The first kappa shape index (κ1) is 15.1. The molecule has 0 radical (unpaired) electrons. The number of benzene rings is 1. The SMILES string of the molecule is CC1(C)CCC(Nc2cc(S(N)(=O)=O)ccc2N)CC1. The smallest absolute Gasteiger partial charge is 0.238 e. The van der Waals surface area contributed by atoms with E-state index >= 15 is 0 Å². The molecule has 5 nitrogen and oxygen atoms in total. The summed E-state index contributed by atoms with van der Waals surface area (Å²) < 4.78 is 22.8. The molecular formula is C14H23N3O2S. The maximum Gasteiger partial charge on any atom is 0.238 e. The number of hydrogen-bond donors (Lipinski definition) is 3. The lowest BCUT2D eigenvalue weighted by Gasteiger charge is -2.35. The van der Waals surface area contributed by atoms with Gasteiger partial charge in [-0.3, -0.25) is 0 Å². The van der Waals surface area contributed by atoms with Crippen molar-refractivity contribution < 1.29 is 8.42 Å². The fourth-order valence-corrected chi connectivity index (χ4v) is 3.14. The van der Waals surface area contributed by atoms with Crippen LogP contribution in [0.2, 0.25) is 0 Å². The highest BCUT2D eigenvalue weighted by molar-refractivity contribution is 7.89. The summed E-state index contributed by atoms with van der Waals surface area (Å²) in [6, 6.07) is 4.86. The molecule has 1 fully saturated rings. The Morgan fingerprint density at radius 1 is 1.25 bits per heavy atom. The first-order valence-electron chi connectivity index (χ1n) is 6.86. The highest BCUT2D eigenvalue weighted by atomic mass is 32.2. The van der Waals surface area contributed by atoms with Gasteiger partial charge in [-0.25, -0.2) is 13.6 Å². The highest BCUT2D eigenvalue weighted by Gasteiger charge is 2.27. The van der Waals surface area contributed by atoms with Gasteiger partial charge in [-0.1, -0.05) is 13.8 Å². The lowest BCUT2D eigenvalue weighted by Crippen LogP contribution is -2.30. The van der Waals surface area contributed by atoms with E-state index in [-0.39, 0.29) is 4.90 Å². The van der Waals surface area contributed by atoms with Crippen molar-refractivity contribution in [2.24, 2.45) is 10.6 Å². The highest BCUT2D eigenvalue weighted by Crippen LogP contribution is 2.36. The Labute approximate surface area is 120 Å². The van der Waals surface area contributed by atoms with Crippen LogP contribution in [0.3, 0.4) is 0 Å². The van der Waals surface area contributed by atoms with Gasteiger partial charge in [0.15, 0.2) is 0 Å². The molecule has 1 aromatic carbocycles. The predicted molar refractivity (Wildman–Crippen MR) is 81.9 cm³/mol. The fraction of sp³-hybridized carbons (Fsp3) is 0.571. The topological polar surface area (TPSA) is 98.2 Å². The average Bonchev–Trinajstić information content (AvgIpc) is 2.33. The molecule has 6 heteroatoms. The van der Waals surface area contributed by atoms with E-state index in [1.165, 1.54) is 12.1 Å². The van der Waals surface area contributed by atoms with Gasteiger partial charge in [-0.2, -0.15) is 0 Å². The summed E-state index contributed by atoms with van der Waals surface area (Å²) in [7, 11) is -3.70. The quantitative estimate of drug-likeness (QED) is 0.745. The zero-order valence-corrected chi connectivity index (χ0v) is 12.8. The van der Waals surface area contributed by atoms with Crippen molar-refractivity contribution in [3.8, 4) is 0 Å². The first-order valence-corrected chi connectivity index (χ1v) is 8.41. The van der Waals surface area contributed by atoms with E-state index in [1.54, 1.807) is 6.07 Å². The van der Waals surface area contributed by atoms with Crippen LogP contribution in [0.4, 0.5) is 11.4 Å². The number of sulfonamides is 1. The number of primary sulfonamides is 1. The van der Waals surface area contributed by atoms with E-state index in [0.717, 1.165) is 25.7 Å². The Morgan fingerprint density at radius 2 is 1.85 bits per heavy atom. The van der Waals surface area contributed by atoms with Crippen LogP contribution in [0.25, 0.3) is 0 Å². The van der Waals surface area contributed by atoms with Crippen molar-refractivity contribution >= 4 is 21.4 Å². The molecule has 0 spiro atoms. The van der Waals surface area contributed by atoms with Crippen molar-refractivity contribution in [2.45, 2.75) is 50.5 Å². The zero-order chi connectivity index (χ0) is 15.0. The predicted octanol–water partition coefficient (Wildman–Crippen LogP) is 2.30. The molecule has 0 saturated heterocycles. The monoisotopic (exact) mass is 297 g/mol. The Morgan fingerprint density at radius 3 is 2.40 bits per heavy atom. The van der Waals surface area contributed by atoms with Crippen LogP contribution < -0.4 is 16.2 Å². The number of anilines is 2. The summed E-state index contributed by atoms with van der Waals surface area (Å²) in [5, 5.41) is 8.50. The van der Waals surface area contributed by atoms with Gasteiger partial charge in [-0.05, 0) is 49.3 Å². The third-order valence-corrected chi connectivity index (χ3v) is 4.96. The molecule has 0 aromatic heterocycles. The van der Waals surface area contributed by atoms with Crippen LogP contribution in [0.1, 0.15) is 39.5 Å². The first-order chi connectivity index (χ1) is 9.17. The third-order valence-electron chi connectivity index (χ3n) is 4.05. The standard InChI is InChI=1S/C14H23N3O2S/c1-14(2)7-5-10(6-8-14)17-13-9-11(20(16,18)19)3-4-12(13)15/h3-4,9-10,17H,5-8,15H2,1-2H3,(H2,16,18,19). The van der Waals surface area contributed by atoms with Crippen molar-refractivity contribution in [1.82, 2.24) is 0 Å². The summed E-state index contributed by atoms with van der Waals surface area (Å²) >= 11 is 0. The van der Waals surface area contributed by atoms with Crippen LogP contribution in [0, 0.1) is 5.41 Å². The summed E-state index contributed by atoms with van der Waals surface area (Å²) in [6.45, 7) is 4.55. The van der Waals surface area contributed by atoms with Crippen LogP contribution in [0.5, 0.6) is 0 Å². The van der Waals surface area contributed by atoms with Gasteiger partial charge in [0.1, 0.15) is 0 Å². The van der Waals surface area contributed by atoms with Crippen molar-refractivity contribution in [3.05, 3.63) is 18.2 Å². The van der Waals surface area contributed by atoms with Gasteiger partial charge in [0, 0.05) is 6.04 Å². The van der Waals surface area contributed by atoms with Gasteiger partial charge in [-0.15, -0.1) is 0 Å². The van der Waals surface area contributed by atoms with E-state index in [4.69, 9.17) is 10.9 Å². The second kappa shape index (κ2) is 5.26. The Kier molecular flexibility index (Phi) is 3.97. The molecular weight excluding hydrogens is 274 g/mol. The molecule has 0 amide bonds. The van der Waals surface area contributed by atoms with Crippen LogP contribution in [0.15, 0.2) is 23.1 Å². The lowest BCUT2D eigenvalue weighted by molar-refractivity contribution is 0.232. The molecule has 0 unspecified atom stereocenters. The number of hydrogen-bond acceptors (Lipinski definition) is 4. The van der Waals surface area contributed by atoms with E-state index in [0.29, 0.717) is 22.8 Å². The van der Waals surface area contributed by atoms with Gasteiger partial charge >= 0.3 is 0 Å². The molecule has 5 N–H and O–H groups in total. The van der Waals surface area contributed by atoms with E-state index in [9.17, 15) is 8.42 Å². The van der Waals surface area contributed by atoms with Crippen LogP contribution >= 0.6 is 0 Å². The van der Waals surface area contributed by atoms with E-state index in [2.05, 4.69) is 19.2 Å². The van der Waals surface area contributed by atoms with Gasteiger partial charge < -0.3 is 11.1 Å². The van der Waals surface area contributed by atoms with E-state index in [1.807, 2.05) is 0 Å². The zero-order valence-electron chi connectivity index (χ0n) is 12.0. The maximum atomic E-state index is 11.4. The lowest BCUT2D eigenvalue weighted by atomic mass is 9.75. The molecule has 1 aliphatic rings. The third kappa shape index (κ3) is 3.64. The largest absolute Gasteiger partial charge is 0.397 e. The van der Waals surface area contributed by atoms with Crippen LogP contribution in [-0.4, -0.2) is 14.5 Å². The molecule has 0 heterocycles. The molecule has 0 aliphatic heterocycles. The Bertz CT molecular complexity index is 586. The Balaban J connectivity index is 2.14. The molecule has 1 aliphatic carbocycles. The second-order valence-corrected chi connectivity index (χ2v) is 7.94. The van der Waals surface area contributed by atoms with Gasteiger partial charge in [0.2, 0.25) is 10.0 Å². The minimum atomic E-state index is -3.70.